The van der Waals surface area contributed by atoms with E-state index in [0.717, 1.165) is 45.7 Å². The van der Waals surface area contributed by atoms with Crippen molar-refractivity contribution in [2.75, 3.05) is 6.26 Å². The second kappa shape index (κ2) is 11.0. The second-order valence-electron chi connectivity index (χ2n) is 11.0. The van der Waals surface area contributed by atoms with Crippen LogP contribution in [0.2, 0.25) is 0 Å². The number of rotatable bonds is 8. The summed E-state index contributed by atoms with van der Waals surface area (Å²) >= 11 is 0. The summed E-state index contributed by atoms with van der Waals surface area (Å²) in [6, 6.07) is 16.2. The Hall–Kier alpha value is -3.53. The Bertz CT molecular complexity index is 1920. The zero-order chi connectivity index (χ0) is 30.4. The van der Waals surface area contributed by atoms with Crippen molar-refractivity contribution in [3.8, 4) is 16.9 Å². The van der Waals surface area contributed by atoms with Crippen molar-refractivity contribution < 1.29 is 31.3 Å². The topological polar surface area (TPSA) is 126 Å². The van der Waals surface area contributed by atoms with Gasteiger partial charge in [-0.1, -0.05) is 62.4 Å². The Balaban J connectivity index is 1.73. The fraction of sp³-hybridized carbons (Fsp3) is 0.281. The van der Waals surface area contributed by atoms with E-state index in [0.29, 0.717) is 18.4 Å². The minimum atomic E-state index is -4.74. The van der Waals surface area contributed by atoms with Crippen LogP contribution in [0, 0.1) is 26.7 Å². The van der Waals surface area contributed by atoms with Gasteiger partial charge in [-0.05, 0) is 71.3 Å². The summed E-state index contributed by atoms with van der Waals surface area (Å²) in [5.41, 5.74) is 6.53. The van der Waals surface area contributed by atoms with Gasteiger partial charge in [-0.2, -0.15) is 8.42 Å². The molecule has 41 heavy (non-hydrogen) atoms. The first-order valence-corrected chi connectivity index (χ1v) is 16.5. The third kappa shape index (κ3) is 6.22. The fourth-order valence-electron chi connectivity index (χ4n) is 5.11. The zero-order valence-corrected chi connectivity index (χ0v) is 25.6. The lowest BCUT2D eigenvalue weighted by molar-refractivity contribution is -0.121. The summed E-state index contributed by atoms with van der Waals surface area (Å²) in [7, 11) is -8.62. The minimum absolute atomic E-state index is 0.0123. The van der Waals surface area contributed by atoms with Gasteiger partial charge in [-0.15, -0.1) is 0 Å². The number of Topliss-reactive ketones (excluding diaryl/α,β-unsaturated/α-hetero) is 1. The first-order chi connectivity index (χ1) is 19.0. The third-order valence-corrected chi connectivity index (χ3v) is 9.74. The highest BCUT2D eigenvalue weighted by atomic mass is 32.2. The molecule has 0 radical (unpaired) electrons. The van der Waals surface area contributed by atoms with Gasteiger partial charge in [-0.25, -0.2) is 8.42 Å². The van der Waals surface area contributed by atoms with E-state index in [9.17, 15) is 31.3 Å². The normalized spacial score (nSPS) is 12.3. The number of hydrogen-bond donors (Lipinski definition) is 2. The van der Waals surface area contributed by atoms with E-state index in [1.54, 1.807) is 12.1 Å². The highest BCUT2D eigenvalue weighted by molar-refractivity contribution is 7.91. The predicted molar refractivity (Wildman–Crippen MR) is 161 cm³/mol. The maximum Gasteiger partial charge on any atom is 0.294 e. The van der Waals surface area contributed by atoms with Gasteiger partial charge in [-0.3, -0.25) is 9.35 Å². The lowest BCUT2D eigenvalue weighted by atomic mass is 9.92. The number of phenols is 1. The maximum absolute atomic E-state index is 12.5. The SMILES string of the molecule is Cc1cc(-c2ccc(Cc3ccc4c(S(C)(=O)=O)cc(S(=O)(=O)O)c(C)c4c3O)c(C)c2)ccc1CC(=O)C(C)C. The molecule has 0 unspecified atom stereocenters. The van der Waals surface area contributed by atoms with Crippen LogP contribution in [-0.4, -0.2) is 38.5 Å². The lowest BCUT2D eigenvalue weighted by Crippen LogP contribution is -2.11. The van der Waals surface area contributed by atoms with Crippen LogP contribution in [0.15, 0.2) is 64.4 Å². The van der Waals surface area contributed by atoms with Gasteiger partial charge < -0.3 is 5.11 Å². The van der Waals surface area contributed by atoms with E-state index >= 15 is 0 Å². The molecule has 0 amide bonds. The van der Waals surface area contributed by atoms with Gasteiger partial charge in [0.2, 0.25) is 0 Å². The number of aromatic hydroxyl groups is 1. The Labute approximate surface area is 241 Å². The molecule has 0 saturated carbocycles. The largest absolute Gasteiger partial charge is 0.507 e. The van der Waals surface area contributed by atoms with Gasteiger partial charge in [0.25, 0.3) is 10.1 Å². The van der Waals surface area contributed by atoms with Crippen LogP contribution < -0.4 is 0 Å². The summed E-state index contributed by atoms with van der Waals surface area (Å²) in [6.07, 6.45) is 1.67. The first kappa shape index (κ1) is 30.4. The molecule has 0 aromatic heterocycles. The Kier molecular flexibility index (Phi) is 8.19. The van der Waals surface area contributed by atoms with Crippen molar-refractivity contribution in [1.29, 1.82) is 0 Å². The molecule has 0 aliphatic carbocycles. The van der Waals surface area contributed by atoms with Crippen molar-refractivity contribution in [1.82, 2.24) is 0 Å². The Morgan fingerprint density at radius 1 is 0.780 bits per heavy atom. The predicted octanol–water partition coefficient (Wildman–Crippen LogP) is 6.15. The molecule has 0 atom stereocenters. The average Bonchev–Trinajstić information content (AvgIpc) is 2.86. The number of fused-ring (bicyclic) bond motifs is 1. The summed E-state index contributed by atoms with van der Waals surface area (Å²) < 4.78 is 58.7. The van der Waals surface area contributed by atoms with Crippen LogP contribution in [0.5, 0.6) is 5.75 Å². The molecule has 0 fully saturated rings. The molecule has 4 rings (SSSR count). The van der Waals surface area contributed by atoms with Crippen LogP contribution in [0.4, 0.5) is 0 Å². The number of carbonyl (C=O) groups excluding carboxylic acids is 1. The van der Waals surface area contributed by atoms with Crippen LogP contribution in [0.25, 0.3) is 21.9 Å². The van der Waals surface area contributed by atoms with Gasteiger partial charge in [0.1, 0.15) is 11.5 Å². The number of ketones is 1. The molecule has 0 aliphatic heterocycles. The molecular weight excluding hydrogens is 560 g/mol. The van der Waals surface area contributed by atoms with E-state index in [-0.39, 0.29) is 38.7 Å². The lowest BCUT2D eigenvalue weighted by Gasteiger charge is -2.16. The molecular formula is C32H34O7S2. The molecule has 0 bridgehead atoms. The number of aryl methyl sites for hydroxylation is 3. The first-order valence-electron chi connectivity index (χ1n) is 13.2. The molecule has 0 aliphatic rings. The van der Waals surface area contributed by atoms with Crippen molar-refractivity contribution in [2.24, 2.45) is 5.92 Å². The molecule has 4 aromatic carbocycles. The number of phenolic OH excluding ortho intramolecular Hbond substituents is 1. The van der Waals surface area contributed by atoms with E-state index in [1.165, 1.54) is 6.92 Å². The van der Waals surface area contributed by atoms with E-state index in [2.05, 4.69) is 6.07 Å². The van der Waals surface area contributed by atoms with Crippen LogP contribution in [0.1, 0.15) is 47.2 Å². The summed E-state index contributed by atoms with van der Waals surface area (Å²) in [5, 5.41) is 11.5. The highest BCUT2D eigenvalue weighted by Crippen LogP contribution is 2.39. The maximum atomic E-state index is 12.5. The molecule has 2 N–H and O–H groups in total. The molecule has 0 spiro atoms. The molecule has 9 heteroatoms. The third-order valence-electron chi connectivity index (χ3n) is 7.62. The number of hydrogen-bond acceptors (Lipinski definition) is 6. The summed E-state index contributed by atoms with van der Waals surface area (Å²) in [5.74, 6) is -0.0438. The van der Waals surface area contributed by atoms with Gasteiger partial charge >= 0.3 is 0 Å². The minimum Gasteiger partial charge on any atom is -0.507 e. The summed E-state index contributed by atoms with van der Waals surface area (Å²) in [6.45, 7) is 9.19. The van der Waals surface area contributed by atoms with Crippen molar-refractivity contribution in [2.45, 2.75) is 57.3 Å². The average molecular weight is 595 g/mol. The fourth-order valence-corrected chi connectivity index (χ4v) is 6.84. The van der Waals surface area contributed by atoms with Gasteiger partial charge in [0.05, 0.1) is 9.79 Å². The molecule has 4 aromatic rings. The van der Waals surface area contributed by atoms with Crippen molar-refractivity contribution >= 4 is 36.5 Å². The monoisotopic (exact) mass is 594 g/mol. The van der Waals surface area contributed by atoms with Crippen LogP contribution in [0.3, 0.4) is 0 Å². The van der Waals surface area contributed by atoms with Crippen molar-refractivity contribution in [3.63, 3.8) is 0 Å². The van der Waals surface area contributed by atoms with E-state index in [1.807, 2.05) is 58.0 Å². The van der Waals surface area contributed by atoms with Gasteiger partial charge in [0.15, 0.2) is 9.84 Å². The Morgan fingerprint density at radius 2 is 1.32 bits per heavy atom. The van der Waals surface area contributed by atoms with Crippen LogP contribution >= 0.6 is 0 Å². The zero-order valence-electron chi connectivity index (χ0n) is 23.9. The molecule has 0 saturated heterocycles. The highest BCUT2D eigenvalue weighted by Gasteiger charge is 2.25. The van der Waals surface area contributed by atoms with Crippen LogP contribution in [-0.2, 0) is 37.6 Å². The van der Waals surface area contributed by atoms with Crippen molar-refractivity contribution in [3.05, 3.63) is 88.0 Å². The van der Waals surface area contributed by atoms with Gasteiger partial charge in [0, 0.05) is 35.8 Å². The number of benzene rings is 4. The molecule has 216 valence electrons. The van der Waals surface area contributed by atoms with E-state index in [4.69, 9.17) is 0 Å². The standard InChI is InChI=1S/C32H34O7S2/c1-18(2)28(33)16-23-8-10-25(14-20(23)4)24-9-7-22(19(3)13-24)15-26-11-12-27-30(40(6,35)36)17-29(41(37,38)39)21(5)31(27)32(26)34/h7-14,17-18,34H,15-16H2,1-6H3,(H,37,38,39). The van der Waals surface area contributed by atoms with E-state index < -0.39 is 24.9 Å². The number of sulfone groups is 1. The molecule has 0 heterocycles. The number of carbonyl (C=O) groups is 1. The summed E-state index contributed by atoms with van der Waals surface area (Å²) in [4.78, 5) is 11.4. The Morgan fingerprint density at radius 3 is 1.80 bits per heavy atom. The molecule has 7 nitrogen and oxygen atoms in total. The smallest absolute Gasteiger partial charge is 0.294 e. The second-order valence-corrected chi connectivity index (χ2v) is 14.4. The quantitative estimate of drug-likeness (QED) is 0.235.